The summed E-state index contributed by atoms with van der Waals surface area (Å²) in [6, 6.07) is 16.1. The van der Waals surface area contributed by atoms with Crippen LogP contribution in [-0.4, -0.2) is 18.3 Å². The van der Waals surface area contributed by atoms with Gasteiger partial charge in [-0.05, 0) is 43.7 Å². The molecule has 1 unspecified atom stereocenters. The minimum absolute atomic E-state index is 0.331. The maximum atomic E-state index is 12.1. The van der Waals surface area contributed by atoms with Crippen molar-refractivity contribution in [2.75, 3.05) is 11.9 Å². The molecule has 0 heterocycles. The Labute approximate surface area is 140 Å². The normalized spacial score (nSPS) is 11.2. The topological polar surface area (TPSA) is 79.2 Å². The number of hydrogen-bond donors (Lipinski definition) is 1. The number of hydrogen-bond acceptors (Lipinski definition) is 4. The Morgan fingerprint density at radius 2 is 1.83 bits per heavy atom. The Hall–Kier alpha value is -3.13. The monoisotopic (exact) mass is 322 g/mol. The van der Waals surface area contributed by atoms with Crippen LogP contribution in [0.2, 0.25) is 0 Å². The van der Waals surface area contributed by atoms with Crippen molar-refractivity contribution in [3.8, 4) is 11.8 Å². The molecule has 0 aliphatic heterocycles. The van der Waals surface area contributed by atoms with Gasteiger partial charge in [0.15, 0.2) is 11.7 Å². The zero-order valence-electron chi connectivity index (χ0n) is 13.6. The van der Waals surface area contributed by atoms with Crippen molar-refractivity contribution >= 4 is 17.4 Å². The van der Waals surface area contributed by atoms with E-state index in [1.807, 2.05) is 32.0 Å². The first kappa shape index (κ1) is 17.2. The van der Waals surface area contributed by atoms with E-state index in [1.54, 1.807) is 36.4 Å². The lowest BCUT2D eigenvalue weighted by atomic mass is 10.1. The van der Waals surface area contributed by atoms with Crippen LogP contribution in [0.3, 0.4) is 0 Å². The third-order valence-electron chi connectivity index (χ3n) is 3.40. The summed E-state index contributed by atoms with van der Waals surface area (Å²) in [5, 5.41) is 11.7. The van der Waals surface area contributed by atoms with Gasteiger partial charge in [-0.15, -0.1) is 0 Å². The Kier molecular flexibility index (Phi) is 5.69. The second kappa shape index (κ2) is 7.93. The second-order valence-electron chi connectivity index (χ2n) is 5.49. The minimum atomic E-state index is -1.41. The molecule has 1 amide bonds. The number of benzene rings is 2. The van der Waals surface area contributed by atoms with Crippen molar-refractivity contribution in [3.63, 3.8) is 0 Å². The number of ketones is 1. The third kappa shape index (κ3) is 4.68. The second-order valence-corrected chi connectivity index (χ2v) is 5.49. The fraction of sp³-hybridized carbons (Fsp3) is 0.211. The standard InChI is InChI=1S/C19H18N2O3/c1-13-6-8-16(9-7-13)24-12-18(22)17(11-20)19(23)21-15-5-3-4-14(2)10-15/h3-10,17H,12H2,1-2H3,(H,21,23). The molecule has 5 heteroatoms. The average Bonchev–Trinajstić information content (AvgIpc) is 2.55. The van der Waals surface area contributed by atoms with E-state index in [-0.39, 0.29) is 6.61 Å². The van der Waals surface area contributed by atoms with Gasteiger partial charge >= 0.3 is 0 Å². The number of anilines is 1. The van der Waals surface area contributed by atoms with Gasteiger partial charge < -0.3 is 10.1 Å². The lowest BCUT2D eigenvalue weighted by Crippen LogP contribution is -2.31. The first-order chi connectivity index (χ1) is 11.5. The molecule has 2 aromatic rings. The van der Waals surface area contributed by atoms with Crippen LogP contribution in [0.15, 0.2) is 48.5 Å². The molecule has 0 aliphatic carbocycles. The molecular weight excluding hydrogens is 304 g/mol. The van der Waals surface area contributed by atoms with Crippen molar-refractivity contribution in [1.29, 1.82) is 5.26 Å². The first-order valence-corrected chi connectivity index (χ1v) is 7.49. The van der Waals surface area contributed by atoms with Gasteiger partial charge in [0.1, 0.15) is 12.4 Å². The Bertz CT molecular complexity index is 776. The zero-order chi connectivity index (χ0) is 17.5. The number of aryl methyl sites for hydroxylation is 2. The number of ether oxygens (including phenoxy) is 1. The fourth-order valence-electron chi connectivity index (χ4n) is 2.09. The van der Waals surface area contributed by atoms with Gasteiger partial charge in [0.25, 0.3) is 0 Å². The van der Waals surface area contributed by atoms with E-state index in [0.717, 1.165) is 11.1 Å². The van der Waals surface area contributed by atoms with E-state index in [0.29, 0.717) is 11.4 Å². The molecule has 122 valence electrons. The summed E-state index contributed by atoms with van der Waals surface area (Å²) < 4.78 is 5.34. The molecular formula is C19H18N2O3. The molecule has 0 radical (unpaired) electrons. The van der Waals surface area contributed by atoms with Gasteiger partial charge in [0.05, 0.1) is 6.07 Å². The van der Waals surface area contributed by atoms with Crippen molar-refractivity contribution < 1.29 is 14.3 Å². The Balaban J connectivity index is 1.96. The van der Waals surface area contributed by atoms with Crippen LogP contribution in [-0.2, 0) is 9.59 Å². The van der Waals surface area contributed by atoms with Gasteiger partial charge in [-0.1, -0.05) is 29.8 Å². The Morgan fingerprint density at radius 3 is 2.46 bits per heavy atom. The summed E-state index contributed by atoms with van der Waals surface area (Å²) in [5.74, 6) is -2.12. The maximum Gasteiger partial charge on any atom is 0.249 e. The van der Waals surface area contributed by atoms with Gasteiger partial charge in [0, 0.05) is 5.69 Å². The summed E-state index contributed by atoms with van der Waals surface area (Å²) in [7, 11) is 0. The van der Waals surface area contributed by atoms with Gasteiger partial charge in [0.2, 0.25) is 5.91 Å². The Morgan fingerprint density at radius 1 is 1.12 bits per heavy atom. The van der Waals surface area contributed by atoms with Gasteiger partial charge in [-0.2, -0.15) is 5.26 Å². The van der Waals surface area contributed by atoms with Crippen molar-refractivity contribution in [3.05, 3.63) is 59.7 Å². The van der Waals surface area contributed by atoms with Crippen molar-refractivity contribution in [2.24, 2.45) is 5.92 Å². The van der Waals surface area contributed by atoms with Crippen LogP contribution < -0.4 is 10.1 Å². The van der Waals surface area contributed by atoms with Crippen molar-refractivity contribution in [2.45, 2.75) is 13.8 Å². The average molecular weight is 322 g/mol. The third-order valence-corrected chi connectivity index (χ3v) is 3.40. The lowest BCUT2D eigenvalue weighted by Gasteiger charge is -2.11. The van der Waals surface area contributed by atoms with E-state index >= 15 is 0 Å². The molecule has 0 saturated carbocycles. The predicted molar refractivity (Wildman–Crippen MR) is 90.6 cm³/mol. The number of amides is 1. The predicted octanol–water partition coefficient (Wildman–Crippen LogP) is 3.03. The molecule has 0 bridgehead atoms. The van der Waals surface area contributed by atoms with E-state index < -0.39 is 17.6 Å². The summed E-state index contributed by atoms with van der Waals surface area (Å²) in [5.41, 5.74) is 2.59. The van der Waals surface area contributed by atoms with Gasteiger partial charge in [-0.3, -0.25) is 9.59 Å². The van der Waals surface area contributed by atoms with Crippen LogP contribution in [0.25, 0.3) is 0 Å². The number of nitrogens with one attached hydrogen (secondary N) is 1. The van der Waals surface area contributed by atoms with Crippen LogP contribution >= 0.6 is 0 Å². The van der Waals surface area contributed by atoms with E-state index in [9.17, 15) is 9.59 Å². The molecule has 1 atom stereocenters. The van der Waals surface area contributed by atoms with Crippen LogP contribution in [0, 0.1) is 31.1 Å². The van der Waals surface area contributed by atoms with Crippen molar-refractivity contribution in [1.82, 2.24) is 0 Å². The first-order valence-electron chi connectivity index (χ1n) is 7.49. The summed E-state index contributed by atoms with van der Waals surface area (Å²) in [4.78, 5) is 24.2. The highest BCUT2D eigenvalue weighted by Crippen LogP contribution is 2.14. The summed E-state index contributed by atoms with van der Waals surface area (Å²) in [6.45, 7) is 3.50. The molecule has 5 nitrogen and oxygen atoms in total. The van der Waals surface area contributed by atoms with Crippen LogP contribution in [0.4, 0.5) is 5.69 Å². The highest BCUT2D eigenvalue weighted by atomic mass is 16.5. The molecule has 2 aromatic carbocycles. The van der Waals surface area contributed by atoms with E-state index in [2.05, 4.69) is 5.32 Å². The smallest absolute Gasteiger partial charge is 0.249 e. The molecule has 0 aliphatic rings. The van der Waals surface area contributed by atoms with E-state index in [4.69, 9.17) is 10.00 Å². The molecule has 0 fully saturated rings. The molecule has 24 heavy (non-hydrogen) atoms. The quantitative estimate of drug-likeness (QED) is 0.829. The molecule has 1 N–H and O–H groups in total. The van der Waals surface area contributed by atoms with Gasteiger partial charge in [-0.25, -0.2) is 0 Å². The fourth-order valence-corrected chi connectivity index (χ4v) is 2.09. The SMILES string of the molecule is Cc1ccc(OCC(=O)C(C#N)C(=O)Nc2cccc(C)c2)cc1. The molecule has 0 spiro atoms. The molecule has 0 aromatic heterocycles. The maximum absolute atomic E-state index is 12.1. The molecule has 0 saturated heterocycles. The number of Topliss-reactive ketones (excluding diaryl/α,β-unsaturated/α-hetero) is 1. The highest BCUT2D eigenvalue weighted by Gasteiger charge is 2.26. The minimum Gasteiger partial charge on any atom is -0.486 e. The summed E-state index contributed by atoms with van der Waals surface area (Å²) >= 11 is 0. The highest BCUT2D eigenvalue weighted by molar-refractivity contribution is 6.09. The van der Waals surface area contributed by atoms with E-state index in [1.165, 1.54) is 0 Å². The van der Waals surface area contributed by atoms with Crippen LogP contribution in [0.1, 0.15) is 11.1 Å². The lowest BCUT2D eigenvalue weighted by molar-refractivity contribution is -0.130. The number of carbonyl (C=O) groups is 2. The number of nitriles is 1. The number of nitrogens with zero attached hydrogens (tertiary/aromatic N) is 1. The largest absolute Gasteiger partial charge is 0.486 e. The van der Waals surface area contributed by atoms with Crippen LogP contribution in [0.5, 0.6) is 5.75 Å². The number of carbonyl (C=O) groups excluding carboxylic acids is 2. The molecule has 2 rings (SSSR count). The summed E-state index contributed by atoms with van der Waals surface area (Å²) in [6.07, 6.45) is 0. The zero-order valence-corrected chi connectivity index (χ0v) is 13.6. The number of rotatable bonds is 6.